The molecule has 7 heteroatoms. The van der Waals surface area contributed by atoms with Gasteiger partial charge in [-0.15, -0.1) is 0 Å². The van der Waals surface area contributed by atoms with Crippen molar-refractivity contribution in [1.82, 2.24) is 0 Å². The van der Waals surface area contributed by atoms with E-state index in [0.29, 0.717) is 0 Å². The molecule has 1 atom stereocenters. The molecular weight excluding hydrogens is 287 g/mol. The van der Waals surface area contributed by atoms with E-state index in [0.717, 1.165) is 19.2 Å². The second-order valence-corrected chi connectivity index (χ2v) is 5.47. The minimum atomic E-state index is -4.60. The average molecular weight is 305 g/mol. The van der Waals surface area contributed by atoms with E-state index < -0.39 is 29.4 Å². The van der Waals surface area contributed by atoms with Crippen LogP contribution in [0.25, 0.3) is 0 Å². The molecule has 0 saturated heterocycles. The van der Waals surface area contributed by atoms with Gasteiger partial charge in [0.05, 0.1) is 12.7 Å². The number of rotatable bonds is 3. The molecule has 0 aromatic heterocycles. The molecule has 0 amide bonds. The number of nitrogens with two attached hydrogens (primary N) is 1. The van der Waals surface area contributed by atoms with Gasteiger partial charge in [0.2, 0.25) is 0 Å². The van der Waals surface area contributed by atoms with Crippen molar-refractivity contribution in [3.8, 4) is 5.75 Å². The molecule has 4 nitrogen and oxygen atoms in total. The number of alkyl halides is 3. The molecule has 21 heavy (non-hydrogen) atoms. The lowest BCUT2D eigenvalue weighted by Crippen LogP contribution is -2.31. The molecule has 0 aliphatic heterocycles. The predicted octanol–water partition coefficient (Wildman–Crippen LogP) is 3.06. The van der Waals surface area contributed by atoms with Crippen molar-refractivity contribution in [2.75, 3.05) is 7.11 Å². The largest absolute Gasteiger partial charge is 0.496 e. The topological polar surface area (TPSA) is 61.5 Å². The summed E-state index contributed by atoms with van der Waals surface area (Å²) in [6.45, 7) is 4.94. The fourth-order valence-electron chi connectivity index (χ4n) is 1.64. The molecule has 0 spiro atoms. The van der Waals surface area contributed by atoms with E-state index in [9.17, 15) is 18.0 Å². The minimum absolute atomic E-state index is 0.0115. The lowest BCUT2D eigenvalue weighted by molar-refractivity contribution is -0.156. The van der Waals surface area contributed by atoms with Gasteiger partial charge in [0.25, 0.3) is 0 Å². The molecule has 1 rings (SSSR count). The van der Waals surface area contributed by atoms with Gasteiger partial charge in [0.15, 0.2) is 0 Å². The molecule has 0 radical (unpaired) electrons. The molecular formula is C14H18F3NO3. The molecule has 0 aliphatic rings. The SMILES string of the molecule is COc1ccc(C(N)C(=O)OC(C)(C)C)cc1C(F)(F)F. The summed E-state index contributed by atoms with van der Waals surface area (Å²) < 4.78 is 48.5. The van der Waals surface area contributed by atoms with Gasteiger partial charge in [-0.25, -0.2) is 4.79 Å². The highest BCUT2D eigenvalue weighted by Gasteiger charge is 2.35. The van der Waals surface area contributed by atoms with Crippen LogP contribution in [0.1, 0.15) is 37.9 Å². The molecule has 1 aromatic rings. The molecule has 0 fully saturated rings. The molecule has 0 aliphatic carbocycles. The predicted molar refractivity (Wildman–Crippen MR) is 70.8 cm³/mol. The Hall–Kier alpha value is -1.76. The number of halogens is 3. The third-order valence-electron chi connectivity index (χ3n) is 2.55. The third kappa shape index (κ3) is 4.63. The number of esters is 1. The first-order chi connectivity index (χ1) is 9.45. The second-order valence-electron chi connectivity index (χ2n) is 5.47. The first-order valence-corrected chi connectivity index (χ1v) is 6.19. The molecule has 118 valence electrons. The quantitative estimate of drug-likeness (QED) is 0.872. The lowest BCUT2D eigenvalue weighted by atomic mass is 10.0. The van der Waals surface area contributed by atoms with Crippen LogP contribution in [0.4, 0.5) is 13.2 Å². The van der Waals surface area contributed by atoms with Gasteiger partial charge in [-0.3, -0.25) is 0 Å². The first kappa shape index (κ1) is 17.3. The number of ether oxygens (including phenoxy) is 2. The summed E-state index contributed by atoms with van der Waals surface area (Å²) in [6, 6.07) is 1.94. The number of carbonyl (C=O) groups is 1. The molecule has 0 saturated carbocycles. The summed E-state index contributed by atoms with van der Waals surface area (Å²) >= 11 is 0. The molecule has 1 aromatic carbocycles. The van der Waals surface area contributed by atoms with Crippen LogP contribution in [0, 0.1) is 0 Å². The molecule has 1 unspecified atom stereocenters. The van der Waals surface area contributed by atoms with Crippen molar-refractivity contribution in [2.45, 2.75) is 38.6 Å². The van der Waals surface area contributed by atoms with Crippen LogP contribution in [0.2, 0.25) is 0 Å². The normalized spacial score (nSPS) is 13.7. The monoisotopic (exact) mass is 305 g/mol. The average Bonchev–Trinajstić information content (AvgIpc) is 2.34. The van der Waals surface area contributed by atoms with Crippen LogP contribution in [0.15, 0.2) is 18.2 Å². The zero-order chi connectivity index (χ0) is 16.4. The number of hydrogen-bond acceptors (Lipinski definition) is 4. The minimum Gasteiger partial charge on any atom is -0.496 e. The van der Waals surface area contributed by atoms with Gasteiger partial charge < -0.3 is 15.2 Å². The zero-order valence-corrected chi connectivity index (χ0v) is 12.2. The van der Waals surface area contributed by atoms with E-state index >= 15 is 0 Å². The summed E-state index contributed by atoms with van der Waals surface area (Å²) in [4.78, 5) is 11.8. The standard InChI is InChI=1S/C14H18F3NO3/c1-13(2,3)21-12(19)11(18)8-5-6-10(20-4)9(7-8)14(15,16)17/h5-7,11H,18H2,1-4H3. The maximum atomic E-state index is 12.9. The maximum Gasteiger partial charge on any atom is 0.419 e. The third-order valence-corrected chi connectivity index (χ3v) is 2.55. The summed E-state index contributed by atoms with van der Waals surface area (Å²) in [6.07, 6.45) is -4.60. The van der Waals surface area contributed by atoms with Crippen molar-refractivity contribution in [3.63, 3.8) is 0 Å². The summed E-state index contributed by atoms with van der Waals surface area (Å²) in [7, 11) is 1.14. The summed E-state index contributed by atoms with van der Waals surface area (Å²) in [5.41, 5.74) is 3.92. The van der Waals surface area contributed by atoms with Crippen molar-refractivity contribution in [2.24, 2.45) is 5.73 Å². The Morgan fingerprint density at radius 3 is 2.24 bits per heavy atom. The highest BCUT2D eigenvalue weighted by molar-refractivity contribution is 5.78. The Morgan fingerprint density at radius 2 is 1.81 bits per heavy atom. The maximum absolute atomic E-state index is 12.9. The van der Waals surface area contributed by atoms with Crippen LogP contribution in [0.5, 0.6) is 5.75 Å². The molecule has 2 N–H and O–H groups in total. The van der Waals surface area contributed by atoms with E-state index in [1.54, 1.807) is 20.8 Å². The van der Waals surface area contributed by atoms with Gasteiger partial charge in [-0.1, -0.05) is 6.07 Å². The lowest BCUT2D eigenvalue weighted by Gasteiger charge is -2.23. The van der Waals surface area contributed by atoms with E-state index in [-0.39, 0.29) is 11.3 Å². The van der Waals surface area contributed by atoms with Crippen molar-refractivity contribution in [1.29, 1.82) is 0 Å². The first-order valence-electron chi connectivity index (χ1n) is 6.19. The Bertz CT molecular complexity index is 521. The number of methoxy groups -OCH3 is 1. The highest BCUT2D eigenvalue weighted by atomic mass is 19.4. The summed E-state index contributed by atoms with van der Waals surface area (Å²) in [5.74, 6) is -1.12. The molecule has 0 bridgehead atoms. The van der Waals surface area contributed by atoms with Gasteiger partial charge in [-0.05, 0) is 38.5 Å². The summed E-state index contributed by atoms with van der Waals surface area (Å²) in [5, 5.41) is 0. The Labute approximate surface area is 121 Å². The van der Waals surface area contributed by atoms with Gasteiger partial charge in [0.1, 0.15) is 17.4 Å². The Morgan fingerprint density at radius 1 is 1.24 bits per heavy atom. The van der Waals surface area contributed by atoms with Crippen LogP contribution in [-0.4, -0.2) is 18.7 Å². The van der Waals surface area contributed by atoms with Crippen molar-refractivity contribution < 1.29 is 27.4 Å². The van der Waals surface area contributed by atoms with Crippen molar-refractivity contribution >= 4 is 5.97 Å². The number of carbonyl (C=O) groups excluding carboxylic acids is 1. The van der Waals surface area contributed by atoms with Gasteiger partial charge in [0, 0.05) is 0 Å². The smallest absolute Gasteiger partial charge is 0.419 e. The second kappa shape index (κ2) is 5.93. The number of hydrogen-bond donors (Lipinski definition) is 1. The van der Waals surface area contributed by atoms with E-state index in [2.05, 4.69) is 4.74 Å². The van der Waals surface area contributed by atoms with Crippen LogP contribution < -0.4 is 10.5 Å². The fourth-order valence-corrected chi connectivity index (χ4v) is 1.64. The zero-order valence-electron chi connectivity index (χ0n) is 12.2. The Balaban J connectivity index is 3.12. The van der Waals surface area contributed by atoms with Gasteiger partial charge >= 0.3 is 12.1 Å². The molecule has 0 heterocycles. The van der Waals surface area contributed by atoms with Crippen LogP contribution in [0.3, 0.4) is 0 Å². The van der Waals surface area contributed by atoms with Gasteiger partial charge in [-0.2, -0.15) is 13.2 Å². The van der Waals surface area contributed by atoms with E-state index in [1.165, 1.54) is 6.07 Å². The van der Waals surface area contributed by atoms with Crippen molar-refractivity contribution in [3.05, 3.63) is 29.3 Å². The number of benzene rings is 1. The van der Waals surface area contributed by atoms with Crippen LogP contribution >= 0.6 is 0 Å². The van der Waals surface area contributed by atoms with E-state index in [4.69, 9.17) is 10.5 Å². The van der Waals surface area contributed by atoms with Crippen LogP contribution in [-0.2, 0) is 15.7 Å². The van der Waals surface area contributed by atoms with E-state index in [1.807, 2.05) is 0 Å². The fraction of sp³-hybridized carbons (Fsp3) is 0.500. The Kier molecular flexibility index (Phi) is 4.88. The highest BCUT2D eigenvalue weighted by Crippen LogP contribution is 2.37.